The van der Waals surface area contributed by atoms with Crippen LogP contribution in [0.5, 0.6) is 5.75 Å². The molecule has 0 radical (unpaired) electrons. The summed E-state index contributed by atoms with van der Waals surface area (Å²) in [5.74, 6) is -1.01. The lowest BCUT2D eigenvalue weighted by Crippen LogP contribution is -2.20. The minimum atomic E-state index is -0.563. The topological polar surface area (TPSA) is 113 Å². The Bertz CT molecular complexity index is 1310. The molecule has 1 aromatic heterocycles. The molecular weight excluding hydrogens is 507 g/mol. The van der Waals surface area contributed by atoms with Crippen molar-refractivity contribution in [1.82, 2.24) is 4.98 Å². The van der Waals surface area contributed by atoms with Crippen LogP contribution >= 0.6 is 0 Å². The second-order valence-corrected chi connectivity index (χ2v) is 8.55. The zero-order chi connectivity index (χ0) is 28.4. The maximum absolute atomic E-state index is 14.8. The van der Waals surface area contributed by atoms with Gasteiger partial charge >= 0.3 is 11.9 Å². The summed E-state index contributed by atoms with van der Waals surface area (Å²) in [4.78, 5) is 38.8. The molecule has 10 heteroatoms. The number of nitrogens with one attached hydrogen (secondary N) is 1. The molecule has 0 aliphatic carbocycles. The third-order valence-corrected chi connectivity index (χ3v) is 5.69. The standard InChI is InChI=1S/C29H31FN2O7/c1-5-37-26(15-29(35)36-4)21-7-9-22(10-8-21)39-16-20-6-12-25(30)24(14-20)23-11-13-27(31-18(23)2)32-28(34)17-38-19(3)33/h6-14,26H,5,15-17H2,1-4H3,(H,31,32,34)/t26-/m0/s1. The molecule has 0 saturated carbocycles. The number of anilines is 1. The Morgan fingerprint density at radius 3 is 2.41 bits per heavy atom. The molecule has 0 saturated heterocycles. The molecule has 1 atom stereocenters. The zero-order valence-corrected chi connectivity index (χ0v) is 22.3. The van der Waals surface area contributed by atoms with Crippen LogP contribution in [0.2, 0.25) is 0 Å². The highest BCUT2D eigenvalue weighted by Crippen LogP contribution is 2.29. The van der Waals surface area contributed by atoms with Crippen molar-refractivity contribution in [2.75, 3.05) is 25.6 Å². The van der Waals surface area contributed by atoms with Crippen LogP contribution in [-0.2, 0) is 35.2 Å². The number of rotatable bonds is 12. The van der Waals surface area contributed by atoms with Crippen molar-refractivity contribution in [1.29, 1.82) is 0 Å². The number of aromatic nitrogens is 1. The summed E-state index contributed by atoms with van der Waals surface area (Å²) in [6.07, 6.45) is -0.305. The van der Waals surface area contributed by atoms with Crippen molar-refractivity contribution in [3.8, 4) is 16.9 Å². The summed E-state index contributed by atoms with van der Waals surface area (Å²) < 4.78 is 35.7. The second-order valence-electron chi connectivity index (χ2n) is 8.55. The Morgan fingerprint density at radius 1 is 1.03 bits per heavy atom. The molecule has 0 aliphatic rings. The van der Waals surface area contributed by atoms with E-state index in [1.807, 2.05) is 19.1 Å². The maximum atomic E-state index is 14.8. The molecule has 0 fully saturated rings. The van der Waals surface area contributed by atoms with Gasteiger partial charge in [-0.2, -0.15) is 0 Å². The van der Waals surface area contributed by atoms with Crippen LogP contribution in [0, 0.1) is 12.7 Å². The van der Waals surface area contributed by atoms with E-state index in [0.29, 0.717) is 29.2 Å². The number of halogens is 1. The molecule has 206 valence electrons. The van der Waals surface area contributed by atoms with Crippen molar-refractivity contribution in [2.24, 2.45) is 0 Å². The van der Waals surface area contributed by atoms with E-state index in [0.717, 1.165) is 11.1 Å². The first-order valence-corrected chi connectivity index (χ1v) is 12.3. The van der Waals surface area contributed by atoms with E-state index in [2.05, 4.69) is 15.0 Å². The molecule has 1 heterocycles. The lowest BCUT2D eigenvalue weighted by atomic mass is 10.0. The summed E-state index contributed by atoms with van der Waals surface area (Å²) >= 11 is 0. The lowest BCUT2D eigenvalue weighted by molar-refractivity contribution is -0.145. The number of carbonyl (C=O) groups is 3. The second kappa shape index (κ2) is 14.0. The molecule has 0 aliphatic heterocycles. The van der Waals surface area contributed by atoms with Crippen LogP contribution in [0.25, 0.3) is 11.1 Å². The van der Waals surface area contributed by atoms with E-state index in [1.165, 1.54) is 20.1 Å². The minimum absolute atomic E-state index is 0.110. The molecule has 2 aromatic carbocycles. The van der Waals surface area contributed by atoms with Gasteiger partial charge in [-0.3, -0.25) is 14.4 Å². The smallest absolute Gasteiger partial charge is 0.308 e. The van der Waals surface area contributed by atoms with E-state index in [-0.39, 0.29) is 24.8 Å². The number of hydrogen-bond donors (Lipinski definition) is 1. The normalized spacial score (nSPS) is 11.4. The van der Waals surface area contributed by atoms with Gasteiger partial charge in [0.05, 0.1) is 19.6 Å². The molecule has 1 amide bonds. The van der Waals surface area contributed by atoms with E-state index in [4.69, 9.17) is 14.2 Å². The van der Waals surface area contributed by atoms with Gasteiger partial charge in [-0.1, -0.05) is 18.2 Å². The van der Waals surface area contributed by atoms with Crippen LogP contribution < -0.4 is 10.1 Å². The monoisotopic (exact) mass is 538 g/mol. The maximum Gasteiger partial charge on any atom is 0.308 e. The van der Waals surface area contributed by atoms with Gasteiger partial charge < -0.3 is 24.3 Å². The molecule has 0 unspecified atom stereocenters. The highest BCUT2D eigenvalue weighted by molar-refractivity contribution is 5.92. The van der Waals surface area contributed by atoms with Crippen molar-refractivity contribution in [2.45, 2.75) is 39.9 Å². The van der Waals surface area contributed by atoms with Crippen molar-refractivity contribution < 1.29 is 37.7 Å². The van der Waals surface area contributed by atoms with Gasteiger partial charge in [0.2, 0.25) is 0 Å². The van der Waals surface area contributed by atoms with Gasteiger partial charge in [0, 0.05) is 30.4 Å². The average molecular weight is 539 g/mol. The predicted octanol–water partition coefficient (Wildman–Crippen LogP) is 4.92. The molecule has 0 bridgehead atoms. The first kappa shape index (κ1) is 29.2. The minimum Gasteiger partial charge on any atom is -0.489 e. The van der Waals surface area contributed by atoms with Crippen molar-refractivity contribution in [3.63, 3.8) is 0 Å². The first-order valence-electron chi connectivity index (χ1n) is 12.3. The van der Waals surface area contributed by atoms with E-state index < -0.39 is 30.4 Å². The molecule has 9 nitrogen and oxygen atoms in total. The molecular formula is C29H31FN2O7. The third kappa shape index (κ3) is 8.61. The molecule has 39 heavy (non-hydrogen) atoms. The number of nitrogens with zero attached hydrogens (tertiary/aromatic N) is 1. The fourth-order valence-corrected chi connectivity index (χ4v) is 3.78. The summed E-state index contributed by atoms with van der Waals surface area (Å²) in [5.41, 5.74) is 2.98. The first-order chi connectivity index (χ1) is 18.7. The van der Waals surface area contributed by atoms with E-state index in [1.54, 1.807) is 43.3 Å². The van der Waals surface area contributed by atoms with Gasteiger partial charge in [0.1, 0.15) is 24.0 Å². The number of carbonyl (C=O) groups excluding carboxylic acids is 3. The third-order valence-electron chi connectivity index (χ3n) is 5.69. The van der Waals surface area contributed by atoms with Crippen molar-refractivity contribution in [3.05, 3.63) is 77.2 Å². The van der Waals surface area contributed by atoms with E-state index in [9.17, 15) is 18.8 Å². The average Bonchev–Trinajstić information content (AvgIpc) is 2.92. The molecule has 1 N–H and O–H groups in total. The summed E-state index contributed by atoms with van der Waals surface area (Å²) in [5, 5.41) is 2.54. The Labute approximate surface area is 226 Å². The van der Waals surface area contributed by atoms with Crippen LogP contribution in [0.15, 0.2) is 54.6 Å². The Hall–Kier alpha value is -4.31. The Kier molecular flexibility index (Phi) is 10.5. The number of pyridine rings is 1. The van der Waals surface area contributed by atoms with E-state index >= 15 is 0 Å². The van der Waals surface area contributed by atoms with Gasteiger partial charge in [-0.05, 0) is 61.4 Å². The number of hydrogen-bond acceptors (Lipinski definition) is 8. The molecule has 3 rings (SSSR count). The fraction of sp³-hybridized carbons (Fsp3) is 0.310. The van der Waals surface area contributed by atoms with Gasteiger partial charge in [0.25, 0.3) is 5.91 Å². The Balaban J connectivity index is 1.68. The SMILES string of the molecule is CCO[C@@H](CC(=O)OC)c1ccc(OCc2ccc(F)c(-c3ccc(NC(=O)COC(C)=O)nc3C)c2)cc1. The fourth-order valence-electron chi connectivity index (χ4n) is 3.78. The summed E-state index contributed by atoms with van der Waals surface area (Å²) in [7, 11) is 1.34. The van der Waals surface area contributed by atoms with Crippen LogP contribution in [0.1, 0.15) is 43.2 Å². The molecule has 3 aromatic rings. The highest BCUT2D eigenvalue weighted by Gasteiger charge is 2.17. The predicted molar refractivity (Wildman–Crippen MR) is 141 cm³/mol. The number of methoxy groups -OCH3 is 1. The summed E-state index contributed by atoms with van der Waals surface area (Å²) in [6, 6.07) is 15.1. The number of ether oxygens (including phenoxy) is 4. The van der Waals surface area contributed by atoms with Gasteiger partial charge in [0.15, 0.2) is 6.61 Å². The highest BCUT2D eigenvalue weighted by atomic mass is 19.1. The van der Waals surface area contributed by atoms with Gasteiger partial charge in [-0.25, -0.2) is 9.37 Å². The largest absolute Gasteiger partial charge is 0.489 e. The number of esters is 2. The van der Waals surface area contributed by atoms with Crippen LogP contribution in [0.3, 0.4) is 0 Å². The molecule has 0 spiro atoms. The summed E-state index contributed by atoms with van der Waals surface area (Å²) in [6.45, 7) is 5.00. The van der Waals surface area contributed by atoms with Crippen LogP contribution in [-0.4, -0.2) is 43.2 Å². The zero-order valence-electron chi connectivity index (χ0n) is 22.3. The van der Waals surface area contributed by atoms with Crippen molar-refractivity contribution >= 4 is 23.7 Å². The van der Waals surface area contributed by atoms with Gasteiger partial charge in [-0.15, -0.1) is 0 Å². The Morgan fingerprint density at radius 2 is 1.77 bits per heavy atom. The lowest BCUT2D eigenvalue weighted by Gasteiger charge is -2.17. The van der Waals surface area contributed by atoms with Crippen LogP contribution in [0.4, 0.5) is 10.2 Å². The quantitative estimate of drug-likeness (QED) is 0.324. The number of aryl methyl sites for hydroxylation is 1. The number of amides is 1. The number of benzene rings is 2.